The molecule has 0 radical (unpaired) electrons. The summed E-state index contributed by atoms with van der Waals surface area (Å²) in [5.41, 5.74) is 1.78. The molecule has 9 heteroatoms. The minimum Gasteiger partial charge on any atom is -0.495 e. The topological polar surface area (TPSA) is 76.0 Å². The fourth-order valence-electron chi connectivity index (χ4n) is 3.73. The van der Waals surface area contributed by atoms with Gasteiger partial charge in [0.05, 0.1) is 29.7 Å². The number of carbonyl (C=O) groups is 1. The van der Waals surface area contributed by atoms with Crippen LogP contribution in [0.1, 0.15) is 12.0 Å². The number of thioether (sulfide) groups is 1. The van der Waals surface area contributed by atoms with Crippen LogP contribution in [0.5, 0.6) is 5.75 Å². The third-order valence-corrected chi connectivity index (χ3v) is 8.68. The number of methoxy groups -OCH3 is 1. The number of benzene rings is 2. The molecule has 30 heavy (non-hydrogen) atoms. The average molecular weight is 465 g/mol. The number of rotatable bonds is 5. The van der Waals surface area contributed by atoms with Gasteiger partial charge in [-0.25, -0.2) is 8.42 Å². The first-order valence-electron chi connectivity index (χ1n) is 9.51. The lowest BCUT2D eigenvalue weighted by atomic mass is 10.1. The molecule has 0 aliphatic carbocycles. The fourth-order valence-corrected chi connectivity index (χ4v) is 7.91. The zero-order valence-electron chi connectivity index (χ0n) is 16.3. The Hall–Kier alpha value is -2.03. The number of nitrogens with zero attached hydrogens (tertiary/aromatic N) is 2. The van der Waals surface area contributed by atoms with Crippen LogP contribution in [0.3, 0.4) is 0 Å². The van der Waals surface area contributed by atoms with Gasteiger partial charge in [0.25, 0.3) is 0 Å². The lowest BCUT2D eigenvalue weighted by Gasteiger charge is -2.25. The Balaban J connectivity index is 1.60. The predicted molar refractivity (Wildman–Crippen MR) is 122 cm³/mol. The van der Waals surface area contributed by atoms with E-state index in [4.69, 9.17) is 16.3 Å². The number of aryl methyl sites for hydroxylation is 1. The Morgan fingerprint density at radius 3 is 2.70 bits per heavy atom. The van der Waals surface area contributed by atoms with Crippen LogP contribution in [-0.4, -0.2) is 49.4 Å². The molecule has 1 amide bonds. The summed E-state index contributed by atoms with van der Waals surface area (Å²) in [4.78, 5) is 18.8. The average Bonchev–Trinajstić information content (AvgIpc) is 3.17. The first-order chi connectivity index (χ1) is 14.4. The standard InChI is InChI=1S/C21H21ClN2O4S2/c1-28-18-9-8-15(11-16(18)22)24-17-12-30(26,27)13-19(17)29-21(24)23-20(25)10-7-14-5-3-2-4-6-14/h2-6,8-9,11,17,19H,7,10,12-13H2,1H3. The molecular formula is C21H21ClN2O4S2. The molecule has 2 unspecified atom stereocenters. The maximum atomic E-state index is 12.6. The molecule has 2 aromatic rings. The molecule has 2 aliphatic rings. The zero-order chi connectivity index (χ0) is 21.3. The number of fused-ring (bicyclic) bond motifs is 1. The van der Waals surface area contributed by atoms with Crippen LogP contribution in [0.25, 0.3) is 0 Å². The van der Waals surface area contributed by atoms with Crippen LogP contribution in [0.4, 0.5) is 5.69 Å². The van der Waals surface area contributed by atoms with Crippen molar-refractivity contribution in [1.29, 1.82) is 0 Å². The van der Waals surface area contributed by atoms with E-state index in [0.29, 0.717) is 34.5 Å². The number of halogens is 1. The van der Waals surface area contributed by atoms with Crippen molar-refractivity contribution in [3.05, 3.63) is 59.1 Å². The molecule has 4 rings (SSSR count). The number of amides is 1. The van der Waals surface area contributed by atoms with Crippen molar-refractivity contribution in [3.8, 4) is 5.75 Å². The molecule has 0 spiro atoms. The van der Waals surface area contributed by atoms with E-state index in [1.165, 1.54) is 18.9 Å². The van der Waals surface area contributed by atoms with Gasteiger partial charge >= 0.3 is 0 Å². The molecule has 2 heterocycles. The summed E-state index contributed by atoms with van der Waals surface area (Å²) in [6.45, 7) is 0. The van der Waals surface area contributed by atoms with Gasteiger partial charge in [-0.2, -0.15) is 4.99 Å². The monoisotopic (exact) mass is 464 g/mol. The SMILES string of the molecule is COc1ccc(N2C(=NC(=O)CCc3ccccc3)SC3CS(=O)(=O)CC32)cc1Cl. The predicted octanol–water partition coefficient (Wildman–Crippen LogP) is 3.58. The molecule has 2 aliphatic heterocycles. The van der Waals surface area contributed by atoms with E-state index in [0.717, 1.165) is 5.56 Å². The maximum Gasteiger partial charge on any atom is 0.248 e. The largest absolute Gasteiger partial charge is 0.495 e. The second-order valence-corrected chi connectivity index (χ2v) is 11.0. The third kappa shape index (κ3) is 4.50. The summed E-state index contributed by atoms with van der Waals surface area (Å²) < 4.78 is 29.6. The zero-order valence-corrected chi connectivity index (χ0v) is 18.7. The highest BCUT2D eigenvalue weighted by Gasteiger charge is 2.49. The Bertz CT molecular complexity index is 1090. The van der Waals surface area contributed by atoms with Gasteiger partial charge in [0, 0.05) is 17.4 Å². The van der Waals surface area contributed by atoms with Gasteiger partial charge in [0.2, 0.25) is 5.91 Å². The molecular weight excluding hydrogens is 444 g/mol. The lowest BCUT2D eigenvalue weighted by Crippen LogP contribution is -2.37. The number of carbonyl (C=O) groups excluding carboxylic acids is 1. The molecule has 0 saturated carbocycles. The number of amidine groups is 1. The molecule has 158 valence electrons. The molecule has 0 N–H and O–H groups in total. The minimum atomic E-state index is -3.13. The van der Waals surface area contributed by atoms with Crippen LogP contribution in [0, 0.1) is 0 Å². The van der Waals surface area contributed by atoms with Crippen molar-refractivity contribution in [2.24, 2.45) is 4.99 Å². The highest BCUT2D eigenvalue weighted by atomic mass is 35.5. The molecule has 2 atom stereocenters. The number of hydrogen-bond acceptors (Lipinski definition) is 5. The normalized spacial score (nSPS) is 23.5. The van der Waals surface area contributed by atoms with Gasteiger partial charge in [0.1, 0.15) is 5.75 Å². The van der Waals surface area contributed by atoms with Crippen molar-refractivity contribution < 1.29 is 17.9 Å². The summed E-state index contributed by atoms with van der Waals surface area (Å²) in [5, 5.41) is 0.787. The van der Waals surface area contributed by atoms with Crippen molar-refractivity contribution >= 4 is 50.0 Å². The summed E-state index contributed by atoms with van der Waals surface area (Å²) in [6, 6.07) is 14.8. The van der Waals surface area contributed by atoms with E-state index in [1.54, 1.807) is 12.1 Å². The number of anilines is 1. The summed E-state index contributed by atoms with van der Waals surface area (Å²) in [7, 11) is -1.60. The van der Waals surface area contributed by atoms with Gasteiger partial charge < -0.3 is 9.64 Å². The van der Waals surface area contributed by atoms with Crippen LogP contribution in [0.15, 0.2) is 53.5 Å². The molecule has 2 aromatic carbocycles. The molecule has 0 bridgehead atoms. The van der Waals surface area contributed by atoms with Crippen molar-refractivity contribution in [2.75, 3.05) is 23.5 Å². The van der Waals surface area contributed by atoms with Crippen molar-refractivity contribution in [2.45, 2.75) is 24.1 Å². The minimum absolute atomic E-state index is 0.0333. The van der Waals surface area contributed by atoms with E-state index in [-0.39, 0.29) is 28.7 Å². The van der Waals surface area contributed by atoms with Crippen LogP contribution in [0.2, 0.25) is 5.02 Å². The van der Waals surface area contributed by atoms with Crippen LogP contribution < -0.4 is 9.64 Å². The first kappa shape index (κ1) is 21.2. The van der Waals surface area contributed by atoms with Gasteiger partial charge in [-0.1, -0.05) is 53.7 Å². The highest BCUT2D eigenvalue weighted by Crippen LogP contribution is 2.42. The molecule has 0 aromatic heterocycles. The van der Waals surface area contributed by atoms with Gasteiger partial charge in [-0.3, -0.25) is 4.79 Å². The Labute approximate surface area is 185 Å². The van der Waals surface area contributed by atoms with Gasteiger partial charge in [-0.15, -0.1) is 0 Å². The van der Waals surface area contributed by atoms with Crippen molar-refractivity contribution in [1.82, 2.24) is 0 Å². The summed E-state index contributed by atoms with van der Waals surface area (Å²) >= 11 is 7.65. The third-order valence-electron chi connectivity index (χ3n) is 5.17. The second kappa shape index (κ2) is 8.61. The van der Waals surface area contributed by atoms with E-state index in [9.17, 15) is 13.2 Å². The van der Waals surface area contributed by atoms with Gasteiger partial charge in [-0.05, 0) is 30.2 Å². The van der Waals surface area contributed by atoms with Crippen LogP contribution >= 0.6 is 23.4 Å². The Kier molecular flexibility index (Phi) is 6.09. The Morgan fingerprint density at radius 2 is 2.00 bits per heavy atom. The smallest absolute Gasteiger partial charge is 0.248 e. The van der Waals surface area contributed by atoms with Crippen molar-refractivity contribution in [3.63, 3.8) is 0 Å². The van der Waals surface area contributed by atoms with E-state index >= 15 is 0 Å². The molecule has 2 fully saturated rings. The van der Waals surface area contributed by atoms with Gasteiger partial charge in [0.15, 0.2) is 15.0 Å². The molecule has 2 saturated heterocycles. The number of hydrogen-bond donors (Lipinski definition) is 0. The highest BCUT2D eigenvalue weighted by molar-refractivity contribution is 8.16. The maximum absolute atomic E-state index is 12.6. The quantitative estimate of drug-likeness (QED) is 0.673. The van der Waals surface area contributed by atoms with E-state index < -0.39 is 9.84 Å². The Morgan fingerprint density at radius 1 is 1.23 bits per heavy atom. The molecule has 6 nitrogen and oxygen atoms in total. The summed E-state index contributed by atoms with van der Waals surface area (Å²) in [5.74, 6) is 0.417. The second-order valence-electron chi connectivity index (χ2n) is 7.26. The lowest BCUT2D eigenvalue weighted by molar-refractivity contribution is -0.117. The number of aliphatic imine (C=N–C) groups is 1. The first-order valence-corrected chi connectivity index (χ1v) is 12.6. The number of ether oxygens (including phenoxy) is 1. The number of sulfone groups is 1. The van der Waals surface area contributed by atoms with E-state index in [1.807, 2.05) is 41.3 Å². The fraction of sp³-hybridized carbons (Fsp3) is 0.333. The van der Waals surface area contributed by atoms with Crippen LogP contribution in [-0.2, 0) is 21.1 Å². The van der Waals surface area contributed by atoms with E-state index in [2.05, 4.69) is 4.99 Å². The summed E-state index contributed by atoms with van der Waals surface area (Å²) in [6.07, 6.45) is 0.898.